The van der Waals surface area contributed by atoms with Gasteiger partial charge in [-0.1, -0.05) is 29.3 Å². The van der Waals surface area contributed by atoms with E-state index in [4.69, 9.17) is 23.2 Å². The zero-order valence-corrected chi connectivity index (χ0v) is 12.4. The predicted octanol–water partition coefficient (Wildman–Crippen LogP) is 4.54. The van der Waals surface area contributed by atoms with E-state index >= 15 is 0 Å². The summed E-state index contributed by atoms with van der Waals surface area (Å²) in [6, 6.07) is 6.97. The molecule has 0 unspecified atom stereocenters. The molecule has 2 aromatic rings. The minimum absolute atomic E-state index is 0.0854. The second-order valence-corrected chi connectivity index (χ2v) is 5.19. The SMILES string of the molecule is O=C(Nc1c(Cl)cc(F)cc1Br)c1cccc(Cl)n1. The average molecular weight is 364 g/mol. The summed E-state index contributed by atoms with van der Waals surface area (Å²) in [5.74, 6) is -0.993. The molecular formula is C12H6BrCl2FN2O. The Morgan fingerprint density at radius 2 is 2.05 bits per heavy atom. The van der Waals surface area contributed by atoms with Crippen molar-refractivity contribution in [2.75, 3.05) is 5.32 Å². The number of hydrogen-bond donors (Lipinski definition) is 1. The monoisotopic (exact) mass is 362 g/mol. The van der Waals surface area contributed by atoms with E-state index in [2.05, 4.69) is 26.2 Å². The fourth-order valence-corrected chi connectivity index (χ4v) is 2.44. The third-order valence-corrected chi connectivity index (χ3v) is 3.33. The molecule has 1 N–H and O–H groups in total. The lowest BCUT2D eigenvalue weighted by Gasteiger charge is -2.09. The van der Waals surface area contributed by atoms with E-state index in [-0.39, 0.29) is 21.6 Å². The molecule has 1 amide bonds. The summed E-state index contributed by atoms with van der Waals surface area (Å²) in [5.41, 5.74) is 0.412. The molecule has 98 valence electrons. The van der Waals surface area contributed by atoms with Crippen LogP contribution >= 0.6 is 39.1 Å². The summed E-state index contributed by atoms with van der Waals surface area (Å²) in [6.45, 7) is 0. The van der Waals surface area contributed by atoms with Crippen molar-refractivity contribution in [2.24, 2.45) is 0 Å². The third-order valence-electron chi connectivity index (χ3n) is 2.19. The largest absolute Gasteiger partial charge is 0.318 e. The van der Waals surface area contributed by atoms with Crippen molar-refractivity contribution in [2.45, 2.75) is 0 Å². The van der Waals surface area contributed by atoms with Crippen LogP contribution in [-0.4, -0.2) is 10.9 Å². The van der Waals surface area contributed by atoms with E-state index in [0.29, 0.717) is 4.47 Å². The lowest BCUT2D eigenvalue weighted by atomic mass is 10.3. The van der Waals surface area contributed by atoms with Gasteiger partial charge in [0.2, 0.25) is 0 Å². The summed E-state index contributed by atoms with van der Waals surface area (Å²) >= 11 is 14.7. The van der Waals surface area contributed by atoms with Crippen molar-refractivity contribution in [1.82, 2.24) is 4.98 Å². The summed E-state index contributed by atoms with van der Waals surface area (Å²) in [4.78, 5) is 15.8. The van der Waals surface area contributed by atoms with E-state index in [0.717, 1.165) is 6.07 Å². The Bertz CT molecular complexity index is 628. The van der Waals surface area contributed by atoms with Gasteiger partial charge < -0.3 is 5.32 Å². The number of carbonyl (C=O) groups excluding carboxylic acids is 1. The van der Waals surface area contributed by atoms with Gasteiger partial charge in [-0.05, 0) is 40.2 Å². The molecule has 0 saturated heterocycles. The quantitative estimate of drug-likeness (QED) is 0.795. The highest BCUT2D eigenvalue weighted by Crippen LogP contribution is 2.31. The summed E-state index contributed by atoms with van der Waals surface area (Å²) < 4.78 is 13.4. The zero-order chi connectivity index (χ0) is 14.0. The Hall–Kier alpha value is -1.17. The lowest BCUT2D eigenvalue weighted by molar-refractivity contribution is 0.102. The van der Waals surface area contributed by atoms with Gasteiger partial charge in [0.15, 0.2) is 0 Å². The Morgan fingerprint density at radius 1 is 1.32 bits per heavy atom. The van der Waals surface area contributed by atoms with Crippen LogP contribution < -0.4 is 5.32 Å². The first-order chi connectivity index (χ1) is 8.97. The van der Waals surface area contributed by atoms with Gasteiger partial charge in [0.05, 0.1) is 10.7 Å². The van der Waals surface area contributed by atoms with Crippen LogP contribution in [0.2, 0.25) is 10.2 Å². The maximum absolute atomic E-state index is 13.1. The summed E-state index contributed by atoms with van der Waals surface area (Å²) in [6.07, 6.45) is 0. The van der Waals surface area contributed by atoms with E-state index < -0.39 is 11.7 Å². The van der Waals surface area contributed by atoms with Gasteiger partial charge in [0, 0.05) is 4.47 Å². The van der Waals surface area contributed by atoms with Crippen molar-refractivity contribution in [3.05, 3.63) is 56.5 Å². The van der Waals surface area contributed by atoms with Crippen LogP contribution in [0.15, 0.2) is 34.8 Å². The number of nitrogens with one attached hydrogen (secondary N) is 1. The fraction of sp³-hybridized carbons (Fsp3) is 0. The van der Waals surface area contributed by atoms with Crippen LogP contribution in [0.4, 0.5) is 10.1 Å². The first-order valence-electron chi connectivity index (χ1n) is 5.06. The number of hydrogen-bond acceptors (Lipinski definition) is 2. The Morgan fingerprint density at radius 3 is 2.68 bits per heavy atom. The molecule has 0 atom stereocenters. The molecule has 0 bridgehead atoms. The van der Waals surface area contributed by atoms with Gasteiger partial charge in [0.1, 0.15) is 16.7 Å². The van der Waals surface area contributed by atoms with Crippen LogP contribution in [-0.2, 0) is 0 Å². The van der Waals surface area contributed by atoms with E-state index in [1.165, 1.54) is 12.1 Å². The molecule has 19 heavy (non-hydrogen) atoms. The van der Waals surface area contributed by atoms with Crippen LogP contribution in [0, 0.1) is 5.82 Å². The Kier molecular flexibility index (Phi) is 4.39. The predicted molar refractivity (Wildman–Crippen MR) is 76.3 cm³/mol. The molecule has 0 saturated carbocycles. The Labute approximate surface area is 126 Å². The molecule has 1 aromatic carbocycles. The minimum Gasteiger partial charge on any atom is -0.318 e. The smallest absolute Gasteiger partial charge is 0.274 e. The minimum atomic E-state index is -0.504. The molecule has 3 nitrogen and oxygen atoms in total. The molecule has 0 aliphatic heterocycles. The van der Waals surface area contributed by atoms with Gasteiger partial charge in [-0.25, -0.2) is 9.37 Å². The molecule has 1 heterocycles. The number of nitrogens with zero attached hydrogens (tertiary/aromatic N) is 1. The van der Waals surface area contributed by atoms with Crippen molar-refractivity contribution in [1.29, 1.82) is 0 Å². The van der Waals surface area contributed by atoms with Gasteiger partial charge in [-0.2, -0.15) is 0 Å². The summed E-state index contributed by atoms with van der Waals surface area (Å²) in [5, 5.41) is 2.83. The zero-order valence-electron chi connectivity index (χ0n) is 9.25. The number of amides is 1. The summed E-state index contributed by atoms with van der Waals surface area (Å²) in [7, 11) is 0. The number of carbonyl (C=O) groups is 1. The van der Waals surface area contributed by atoms with Crippen LogP contribution in [0.3, 0.4) is 0 Å². The number of anilines is 1. The van der Waals surface area contributed by atoms with Gasteiger partial charge in [-0.3, -0.25) is 4.79 Å². The highest BCUT2D eigenvalue weighted by atomic mass is 79.9. The molecule has 0 radical (unpaired) electrons. The molecular weight excluding hydrogens is 358 g/mol. The topological polar surface area (TPSA) is 42.0 Å². The number of rotatable bonds is 2. The molecule has 7 heteroatoms. The lowest BCUT2D eigenvalue weighted by Crippen LogP contribution is -2.14. The average Bonchev–Trinajstić information content (AvgIpc) is 2.33. The molecule has 0 spiro atoms. The normalized spacial score (nSPS) is 10.3. The number of aromatic nitrogens is 1. The van der Waals surface area contributed by atoms with Gasteiger partial charge in [-0.15, -0.1) is 0 Å². The fourth-order valence-electron chi connectivity index (χ4n) is 1.37. The standard InChI is InChI=1S/C12H6BrCl2FN2O/c13-7-4-6(16)5-8(14)11(7)18-12(19)9-2-1-3-10(15)17-9/h1-5H,(H,18,19). The number of pyridine rings is 1. The van der Waals surface area contributed by atoms with Crippen LogP contribution in [0.25, 0.3) is 0 Å². The van der Waals surface area contributed by atoms with Gasteiger partial charge >= 0.3 is 0 Å². The molecule has 0 fully saturated rings. The second kappa shape index (κ2) is 5.86. The van der Waals surface area contributed by atoms with Crippen molar-refractivity contribution in [3.63, 3.8) is 0 Å². The molecule has 0 aliphatic rings. The molecule has 0 aliphatic carbocycles. The van der Waals surface area contributed by atoms with Crippen molar-refractivity contribution >= 4 is 50.7 Å². The molecule has 2 rings (SSSR count). The Balaban J connectivity index is 2.29. The van der Waals surface area contributed by atoms with Crippen molar-refractivity contribution < 1.29 is 9.18 Å². The van der Waals surface area contributed by atoms with E-state index in [1.807, 2.05) is 0 Å². The maximum Gasteiger partial charge on any atom is 0.274 e. The first-order valence-corrected chi connectivity index (χ1v) is 6.60. The first kappa shape index (κ1) is 14.2. The van der Waals surface area contributed by atoms with Gasteiger partial charge in [0.25, 0.3) is 5.91 Å². The highest BCUT2D eigenvalue weighted by Gasteiger charge is 2.14. The number of benzene rings is 1. The second-order valence-electron chi connectivity index (χ2n) is 3.54. The highest BCUT2D eigenvalue weighted by molar-refractivity contribution is 9.10. The third kappa shape index (κ3) is 3.43. The molecule has 1 aromatic heterocycles. The van der Waals surface area contributed by atoms with E-state index in [9.17, 15) is 9.18 Å². The van der Waals surface area contributed by atoms with Crippen molar-refractivity contribution in [3.8, 4) is 0 Å². The maximum atomic E-state index is 13.1. The van der Waals surface area contributed by atoms with Crippen LogP contribution in [0.1, 0.15) is 10.5 Å². The van der Waals surface area contributed by atoms with Crippen LogP contribution in [0.5, 0.6) is 0 Å². The number of halogens is 4. The van der Waals surface area contributed by atoms with E-state index in [1.54, 1.807) is 12.1 Å².